The number of amides is 2. The van der Waals surface area contributed by atoms with Crippen molar-refractivity contribution in [3.8, 4) is 5.88 Å². The molecule has 2 amide bonds. The fraction of sp³-hybridized carbons (Fsp3) is 0.360. The molecule has 1 unspecified atom stereocenters. The number of rotatable bonds is 6. The van der Waals surface area contributed by atoms with Gasteiger partial charge >= 0.3 is 0 Å². The molecule has 9 heteroatoms. The van der Waals surface area contributed by atoms with Crippen molar-refractivity contribution in [3.63, 3.8) is 0 Å². The number of methoxy groups -OCH3 is 1. The third-order valence-corrected chi connectivity index (χ3v) is 6.54. The van der Waals surface area contributed by atoms with Gasteiger partial charge in [0.05, 0.1) is 18.3 Å². The van der Waals surface area contributed by atoms with Gasteiger partial charge in [-0.3, -0.25) is 19.5 Å². The second kappa shape index (κ2) is 9.64. The highest BCUT2D eigenvalue weighted by molar-refractivity contribution is 6.00. The van der Waals surface area contributed by atoms with Crippen LogP contribution in [0.5, 0.6) is 5.88 Å². The Labute approximate surface area is 198 Å². The first-order chi connectivity index (χ1) is 16.6. The van der Waals surface area contributed by atoms with Gasteiger partial charge in [-0.15, -0.1) is 0 Å². The van der Waals surface area contributed by atoms with Crippen molar-refractivity contribution >= 4 is 28.5 Å². The summed E-state index contributed by atoms with van der Waals surface area (Å²) in [6.07, 6.45) is 14.1. The Hall–Kier alpha value is -3.72. The fourth-order valence-electron chi connectivity index (χ4n) is 4.65. The minimum Gasteiger partial charge on any atom is -0.481 e. The molecule has 0 bridgehead atoms. The number of hydrogen-bond donors (Lipinski definition) is 3. The van der Waals surface area contributed by atoms with Crippen LogP contribution in [0.2, 0.25) is 0 Å². The van der Waals surface area contributed by atoms with Crippen LogP contribution >= 0.6 is 0 Å². The van der Waals surface area contributed by atoms with Crippen molar-refractivity contribution in [2.45, 2.75) is 37.9 Å². The number of aromatic nitrogens is 2. The molecule has 3 aliphatic rings. The summed E-state index contributed by atoms with van der Waals surface area (Å²) in [6, 6.07) is 5.67. The number of anilines is 1. The maximum Gasteiger partial charge on any atom is 0.254 e. The van der Waals surface area contributed by atoms with Crippen molar-refractivity contribution in [2.75, 3.05) is 19.0 Å². The molecule has 5 rings (SSSR count). The van der Waals surface area contributed by atoms with Gasteiger partial charge in [0, 0.05) is 48.7 Å². The van der Waals surface area contributed by atoms with Crippen molar-refractivity contribution in [1.82, 2.24) is 25.5 Å². The lowest BCUT2D eigenvalue weighted by molar-refractivity contribution is -0.126. The molecule has 2 aromatic rings. The second-order valence-electron chi connectivity index (χ2n) is 8.73. The van der Waals surface area contributed by atoms with E-state index >= 15 is 0 Å². The van der Waals surface area contributed by atoms with Crippen LogP contribution in [0, 0.1) is 5.92 Å². The Morgan fingerprint density at radius 2 is 2.06 bits per heavy atom. The highest BCUT2D eigenvalue weighted by Crippen LogP contribution is 2.28. The van der Waals surface area contributed by atoms with Gasteiger partial charge in [-0.2, -0.15) is 0 Å². The van der Waals surface area contributed by atoms with E-state index in [4.69, 9.17) is 4.74 Å². The molecule has 0 spiro atoms. The zero-order chi connectivity index (χ0) is 23.5. The number of nitrogens with zero attached hydrogens (tertiary/aromatic N) is 3. The lowest BCUT2D eigenvalue weighted by atomic mass is 9.85. The Balaban J connectivity index is 1.14. The van der Waals surface area contributed by atoms with Crippen molar-refractivity contribution in [1.29, 1.82) is 0 Å². The molecule has 34 heavy (non-hydrogen) atoms. The average Bonchev–Trinajstić information content (AvgIpc) is 2.88. The first kappa shape index (κ1) is 22.1. The van der Waals surface area contributed by atoms with Gasteiger partial charge in [0.2, 0.25) is 11.8 Å². The molecule has 0 saturated heterocycles. The van der Waals surface area contributed by atoms with E-state index in [2.05, 4.69) is 25.9 Å². The molecule has 9 nitrogen and oxygen atoms in total. The highest BCUT2D eigenvalue weighted by atomic mass is 16.5. The van der Waals surface area contributed by atoms with Crippen LogP contribution in [0.3, 0.4) is 0 Å². The number of carbonyl (C=O) groups is 2. The molecule has 2 aromatic heterocycles. The zero-order valence-corrected chi connectivity index (χ0v) is 19.0. The minimum atomic E-state index is -0.127. The summed E-state index contributed by atoms with van der Waals surface area (Å²) in [5.74, 6) is 0.427. The van der Waals surface area contributed by atoms with E-state index in [1.807, 2.05) is 24.3 Å². The van der Waals surface area contributed by atoms with E-state index in [0.717, 1.165) is 31.4 Å². The van der Waals surface area contributed by atoms with Crippen LogP contribution < -0.4 is 20.7 Å². The summed E-state index contributed by atoms with van der Waals surface area (Å²) in [5.41, 5.74) is 2.86. The molecule has 1 atom stereocenters. The quantitative estimate of drug-likeness (QED) is 0.608. The van der Waals surface area contributed by atoms with Crippen LogP contribution in [0.1, 0.15) is 25.7 Å². The lowest BCUT2D eigenvalue weighted by Crippen LogP contribution is -2.50. The molecule has 1 aliphatic carbocycles. The minimum absolute atomic E-state index is 0.00931. The predicted octanol–water partition coefficient (Wildman–Crippen LogP) is 2.45. The van der Waals surface area contributed by atoms with E-state index in [9.17, 15) is 9.59 Å². The number of allylic oxidation sites excluding steroid dienone is 2. The fourth-order valence-corrected chi connectivity index (χ4v) is 4.65. The summed E-state index contributed by atoms with van der Waals surface area (Å²) >= 11 is 0. The van der Waals surface area contributed by atoms with Crippen LogP contribution in [0.25, 0.3) is 11.0 Å². The third kappa shape index (κ3) is 4.65. The first-order valence-electron chi connectivity index (χ1n) is 11.6. The summed E-state index contributed by atoms with van der Waals surface area (Å²) < 4.78 is 5.21. The zero-order valence-electron chi connectivity index (χ0n) is 19.0. The van der Waals surface area contributed by atoms with E-state index in [1.165, 1.54) is 0 Å². The van der Waals surface area contributed by atoms with E-state index in [-0.39, 0.29) is 23.9 Å². The Morgan fingerprint density at radius 1 is 1.21 bits per heavy atom. The average molecular weight is 461 g/mol. The summed E-state index contributed by atoms with van der Waals surface area (Å²) in [6.45, 7) is 0.603. The van der Waals surface area contributed by atoms with Crippen LogP contribution in [0.4, 0.5) is 5.69 Å². The largest absolute Gasteiger partial charge is 0.481 e. The van der Waals surface area contributed by atoms with Gasteiger partial charge < -0.3 is 20.7 Å². The lowest BCUT2D eigenvalue weighted by Gasteiger charge is -2.35. The maximum atomic E-state index is 13.0. The Bertz CT molecular complexity index is 1180. The topological polar surface area (TPSA) is 108 Å². The molecule has 1 fully saturated rings. The van der Waals surface area contributed by atoms with Crippen molar-refractivity contribution in [2.24, 2.45) is 5.92 Å². The van der Waals surface area contributed by atoms with Crippen LogP contribution in [0.15, 0.2) is 60.6 Å². The number of ether oxygens (including phenoxy) is 1. The second-order valence-corrected chi connectivity index (χ2v) is 8.73. The molecule has 0 radical (unpaired) electrons. The van der Waals surface area contributed by atoms with Gasteiger partial charge in [-0.1, -0.05) is 6.08 Å². The molecule has 2 aliphatic heterocycles. The number of nitrogens with one attached hydrogen (secondary N) is 3. The Kier molecular flexibility index (Phi) is 6.27. The number of fused-ring (bicyclic) bond motifs is 2. The summed E-state index contributed by atoms with van der Waals surface area (Å²) in [7, 11) is 1.56. The van der Waals surface area contributed by atoms with Crippen molar-refractivity contribution < 1.29 is 14.3 Å². The molecule has 1 saturated carbocycles. The van der Waals surface area contributed by atoms with Crippen LogP contribution in [-0.4, -0.2) is 52.5 Å². The monoisotopic (exact) mass is 460 g/mol. The summed E-state index contributed by atoms with van der Waals surface area (Å²) in [5, 5.41) is 9.98. The third-order valence-electron chi connectivity index (χ3n) is 6.54. The van der Waals surface area contributed by atoms with Gasteiger partial charge in [-0.25, -0.2) is 4.98 Å². The Morgan fingerprint density at radius 3 is 2.88 bits per heavy atom. The normalized spacial score (nSPS) is 23.8. The molecule has 3 N–H and O–H groups in total. The predicted molar refractivity (Wildman–Crippen MR) is 129 cm³/mol. The van der Waals surface area contributed by atoms with Gasteiger partial charge in [0.1, 0.15) is 11.7 Å². The molecular weight excluding hydrogens is 432 g/mol. The highest BCUT2D eigenvalue weighted by Gasteiger charge is 2.28. The van der Waals surface area contributed by atoms with E-state index in [1.54, 1.807) is 42.6 Å². The van der Waals surface area contributed by atoms with Gasteiger partial charge in [-0.05, 0) is 50.0 Å². The van der Waals surface area contributed by atoms with Crippen LogP contribution in [-0.2, 0) is 9.59 Å². The standard InChI is InChI=1S/C25H28N6O3/c1-34-22-10-9-19-24(30-22)20(11-12-26-19)29-25(33)16-5-7-17(8-6-16)27-15-18-14-23(32)31-13-3-2-4-21(31)28-18/h2-4,9-14,16-17,21,27-28H,5-8,15H2,1H3,(H,26,29,33). The van der Waals surface area contributed by atoms with E-state index in [0.29, 0.717) is 35.2 Å². The summed E-state index contributed by atoms with van der Waals surface area (Å²) in [4.78, 5) is 35.7. The van der Waals surface area contributed by atoms with E-state index < -0.39 is 0 Å². The molecular formula is C25H28N6O3. The first-order valence-corrected chi connectivity index (χ1v) is 11.6. The number of pyridine rings is 2. The number of hydrogen-bond acceptors (Lipinski definition) is 7. The SMILES string of the molecule is COc1ccc2nccc(NC(=O)C3CCC(NCC4=CC(=O)N5C=CC=CC5N4)CC3)c2n1. The molecule has 0 aromatic carbocycles. The maximum absolute atomic E-state index is 13.0. The van der Waals surface area contributed by atoms with Gasteiger partial charge in [0.25, 0.3) is 5.91 Å². The van der Waals surface area contributed by atoms with Crippen molar-refractivity contribution in [3.05, 3.63) is 60.6 Å². The molecule has 176 valence electrons. The number of carbonyl (C=O) groups excluding carboxylic acids is 2. The smallest absolute Gasteiger partial charge is 0.254 e. The molecule has 4 heterocycles. The van der Waals surface area contributed by atoms with Gasteiger partial charge in [0.15, 0.2) is 0 Å².